The van der Waals surface area contributed by atoms with Crippen molar-refractivity contribution in [2.45, 2.75) is 6.92 Å². The van der Waals surface area contributed by atoms with Gasteiger partial charge in [-0.3, -0.25) is 14.9 Å². The van der Waals surface area contributed by atoms with Crippen LogP contribution in [0.5, 0.6) is 0 Å². The van der Waals surface area contributed by atoms with Gasteiger partial charge in [0.25, 0.3) is 5.69 Å². The number of carbonyl (C=O) groups excluding carboxylic acids is 3. The Labute approximate surface area is 160 Å². The van der Waals surface area contributed by atoms with Crippen LogP contribution in [-0.4, -0.2) is 42.9 Å². The summed E-state index contributed by atoms with van der Waals surface area (Å²) in [7, 11) is 1.53. The van der Waals surface area contributed by atoms with E-state index in [0.29, 0.717) is 0 Å². The number of nitro benzene ring substituents is 1. The smallest absolute Gasteiger partial charge is 0.344 e. The quantitative estimate of drug-likeness (QED) is 0.318. The molecule has 2 aromatic carbocycles. The zero-order valence-electron chi connectivity index (χ0n) is 15.3. The van der Waals surface area contributed by atoms with E-state index in [4.69, 9.17) is 4.74 Å². The van der Waals surface area contributed by atoms with E-state index >= 15 is 0 Å². The Morgan fingerprint density at radius 3 is 2.36 bits per heavy atom. The molecule has 9 nitrogen and oxygen atoms in total. The fourth-order valence-electron chi connectivity index (χ4n) is 2.45. The van der Waals surface area contributed by atoms with Gasteiger partial charge in [-0.2, -0.15) is 0 Å². The van der Waals surface area contributed by atoms with Crippen LogP contribution < -0.4 is 5.32 Å². The van der Waals surface area contributed by atoms with E-state index in [1.807, 2.05) is 0 Å². The number of hydrogen-bond donors (Lipinski definition) is 1. The molecule has 0 aliphatic carbocycles. The lowest BCUT2D eigenvalue weighted by atomic mass is 9.97. The van der Waals surface area contributed by atoms with Gasteiger partial charge in [0, 0.05) is 24.2 Å². The Morgan fingerprint density at radius 1 is 1.07 bits per heavy atom. The summed E-state index contributed by atoms with van der Waals surface area (Å²) >= 11 is 0. The van der Waals surface area contributed by atoms with Gasteiger partial charge in [0.2, 0.25) is 0 Å². The highest BCUT2D eigenvalue weighted by Crippen LogP contribution is 2.27. The first-order chi connectivity index (χ1) is 13.4. The van der Waals surface area contributed by atoms with Crippen LogP contribution >= 0.6 is 0 Å². The number of nitro groups is 1. The number of nitrogens with zero attached hydrogens (tertiary/aromatic N) is 1. The van der Waals surface area contributed by atoms with Crippen molar-refractivity contribution >= 4 is 29.1 Å². The summed E-state index contributed by atoms with van der Waals surface area (Å²) < 4.78 is 9.56. The van der Waals surface area contributed by atoms with Crippen LogP contribution in [0.25, 0.3) is 0 Å². The summed E-state index contributed by atoms with van der Waals surface area (Å²) in [4.78, 5) is 47.1. The number of anilines is 1. The molecule has 0 aliphatic heterocycles. The van der Waals surface area contributed by atoms with Crippen molar-refractivity contribution in [1.82, 2.24) is 0 Å². The number of hydrogen-bond acceptors (Lipinski definition) is 8. The van der Waals surface area contributed by atoms with E-state index in [9.17, 15) is 24.5 Å². The number of ketones is 1. The van der Waals surface area contributed by atoms with Crippen LogP contribution in [-0.2, 0) is 14.3 Å². The second-order valence-electron chi connectivity index (χ2n) is 5.49. The maximum atomic E-state index is 12.8. The van der Waals surface area contributed by atoms with Crippen molar-refractivity contribution in [1.29, 1.82) is 0 Å². The third-order valence-corrected chi connectivity index (χ3v) is 3.74. The Kier molecular flexibility index (Phi) is 6.80. The van der Waals surface area contributed by atoms with Gasteiger partial charge in [-0.05, 0) is 25.1 Å². The van der Waals surface area contributed by atoms with Gasteiger partial charge >= 0.3 is 11.9 Å². The highest BCUT2D eigenvalue weighted by Gasteiger charge is 2.22. The molecule has 0 unspecified atom stereocenters. The minimum atomic E-state index is -0.877. The summed E-state index contributed by atoms with van der Waals surface area (Å²) in [6.07, 6.45) is 0. The number of carbonyl (C=O) groups is 3. The Bertz CT molecular complexity index is 924. The predicted molar refractivity (Wildman–Crippen MR) is 99.4 cm³/mol. The Morgan fingerprint density at radius 2 is 1.75 bits per heavy atom. The number of esters is 2. The number of nitrogens with one attached hydrogen (secondary N) is 1. The molecule has 0 fully saturated rings. The molecule has 2 aromatic rings. The van der Waals surface area contributed by atoms with Crippen LogP contribution in [0.1, 0.15) is 33.2 Å². The molecule has 9 heteroatoms. The van der Waals surface area contributed by atoms with E-state index in [-0.39, 0.29) is 34.7 Å². The van der Waals surface area contributed by atoms with Gasteiger partial charge in [-0.25, -0.2) is 9.59 Å². The molecule has 0 amide bonds. The lowest BCUT2D eigenvalue weighted by molar-refractivity contribution is -0.384. The van der Waals surface area contributed by atoms with Gasteiger partial charge in [0.15, 0.2) is 12.4 Å². The minimum absolute atomic E-state index is 0.00265. The lowest BCUT2D eigenvalue weighted by Crippen LogP contribution is -2.18. The molecule has 0 aromatic heterocycles. The van der Waals surface area contributed by atoms with Gasteiger partial charge in [0.05, 0.1) is 17.1 Å². The monoisotopic (exact) mass is 386 g/mol. The van der Waals surface area contributed by atoms with E-state index in [1.165, 1.54) is 37.4 Å². The third kappa shape index (κ3) is 4.70. The number of ether oxygens (including phenoxy) is 2. The van der Waals surface area contributed by atoms with Crippen molar-refractivity contribution in [3.8, 4) is 0 Å². The molecule has 0 saturated heterocycles. The highest BCUT2D eigenvalue weighted by molar-refractivity contribution is 6.15. The average molecular weight is 386 g/mol. The summed E-state index contributed by atoms with van der Waals surface area (Å²) in [6, 6.07) is 9.82. The van der Waals surface area contributed by atoms with Gasteiger partial charge in [-0.1, -0.05) is 18.2 Å². The fourth-order valence-corrected chi connectivity index (χ4v) is 2.45. The first-order valence-electron chi connectivity index (χ1n) is 8.31. The molecular formula is C19H18N2O7. The summed E-state index contributed by atoms with van der Waals surface area (Å²) in [6.45, 7) is 1.18. The predicted octanol–water partition coefficient (Wildman–Crippen LogP) is 2.59. The maximum absolute atomic E-state index is 12.8. The molecule has 0 spiro atoms. The van der Waals surface area contributed by atoms with Gasteiger partial charge in [0.1, 0.15) is 5.69 Å². The van der Waals surface area contributed by atoms with Crippen LogP contribution in [0.4, 0.5) is 11.4 Å². The van der Waals surface area contributed by atoms with Crippen LogP contribution in [0.3, 0.4) is 0 Å². The second kappa shape index (κ2) is 9.26. The first-order valence-corrected chi connectivity index (χ1v) is 8.31. The SMILES string of the molecule is CCOC(=O)COC(=O)c1ccccc1C(=O)c1ccc(NC)c([N+](=O)[O-])c1. The van der Waals surface area contributed by atoms with Crippen molar-refractivity contribution in [3.05, 3.63) is 69.3 Å². The first kappa shape index (κ1) is 20.6. The summed E-state index contributed by atoms with van der Waals surface area (Å²) in [5.41, 5.74) is -0.0317. The molecule has 1 N–H and O–H groups in total. The average Bonchev–Trinajstić information content (AvgIpc) is 2.71. The van der Waals surface area contributed by atoms with Crippen molar-refractivity contribution in [3.63, 3.8) is 0 Å². The van der Waals surface area contributed by atoms with Gasteiger partial charge in [-0.15, -0.1) is 0 Å². The Hall–Kier alpha value is -3.75. The van der Waals surface area contributed by atoms with E-state index < -0.39 is 29.3 Å². The zero-order chi connectivity index (χ0) is 20.7. The molecule has 0 radical (unpaired) electrons. The van der Waals surface area contributed by atoms with Crippen LogP contribution in [0.15, 0.2) is 42.5 Å². The normalized spacial score (nSPS) is 10.1. The highest BCUT2D eigenvalue weighted by atomic mass is 16.6. The molecule has 146 valence electrons. The van der Waals surface area contributed by atoms with Crippen LogP contribution in [0, 0.1) is 10.1 Å². The molecule has 0 aliphatic rings. The summed E-state index contributed by atoms with van der Waals surface area (Å²) in [5.74, 6) is -2.18. The van der Waals surface area contributed by atoms with E-state index in [2.05, 4.69) is 10.1 Å². The molecule has 0 heterocycles. The standard InChI is InChI=1S/C19H18N2O7/c1-3-27-17(22)11-28-19(24)14-7-5-4-6-13(14)18(23)12-8-9-15(20-2)16(10-12)21(25)26/h4-10,20H,3,11H2,1-2H3. The molecular weight excluding hydrogens is 368 g/mol. The van der Waals surface area contributed by atoms with E-state index in [1.54, 1.807) is 13.0 Å². The van der Waals surface area contributed by atoms with Crippen molar-refractivity contribution in [2.75, 3.05) is 25.6 Å². The number of rotatable bonds is 8. The molecule has 0 atom stereocenters. The van der Waals surface area contributed by atoms with Gasteiger partial charge < -0.3 is 14.8 Å². The Balaban J connectivity index is 2.32. The summed E-state index contributed by atoms with van der Waals surface area (Å²) in [5, 5.41) is 13.9. The molecule has 0 saturated carbocycles. The number of benzene rings is 2. The maximum Gasteiger partial charge on any atom is 0.344 e. The van der Waals surface area contributed by atoms with Crippen LogP contribution in [0.2, 0.25) is 0 Å². The fraction of sp³-hybridized carbons (Fsp3) is 0.211. The molecule has 28 heavy (non-hydrogen) atoms. The van der Waals surface area contributed by atoms with Crippen molar-refractivity contribution in [2.24, 2.45) is 0 Å². The topological polar surface area (TPSA) is 125 Å². The second-order valence-corrected chi connectivity index (χ2v) is 5.49. The minimum Gasteiger partial charge on any atom is -0.463 e. The van der Waals surface area contributed by atoms with E-state index in [0.717, 1.165) is 6.07 Å². The largest absolute Gasteiger partial charge is 0.463 e. The third-order valence-electron chi connectivity index (χ3n) is 3.74. The molecule has 0 bridgehead atoms. The molecule has 2 rings (SSSR count). The zero-order valence-corrected chi connectivity index (χ0v) is 15.3. The lowest BCUT2D eigenvalue weighted by Gasteiger charge is -2.10. The van der Waals surface area contributed by atoms with Crippen molar-refractivity contribution < 1.29 is 28.8 Å².